The molecule has 7 nitrogen and oxygen atoms in total. The summed E-state index contributed by atoms with van der Waals surface area (Å²) in [7, 11) is 2.13. The number of rotatable bonds is 4. The first-order chi connectivity index (χ1) is 11.8. The van der Waals surface area contributed by atoms with Crippen molar-refractivity contribution < 1.29 is 4.74 Å². The van der Waals surface area contributed by atoms with E-state index in [1.54, 1.807) is 12.5 Å². The molecule has 0 aliphatic carbocycles. The average molecular weight is 328 g/mol. The number of fused-ring (bicyclic) bond motifs is 1. The Morgan fingerprint density at radius 1 is 1.29 bits per heavy atom. The van der Waals surface area contributed by atoms with E-state index in [2.05, 4.69) is 37.6 Å². The lowest BCUT2D eigenvalue weighted by atomic mass is 10.0. The number of hydrogen-bond donors (Lipinski definition) is 0. The SMILES string of the molecule is CN(c1ccncn1)C1CCN(Cc2cn3c(n2)COCC3)CC1. The Morgan fingerprint density at radius 2 is 2.17 bits per heavy atom. The van der Waals surface area contributed by atoms with Crippen LogP contribution in [0.25, 0.3) is 0 Å². The number of likely N-dealkylation sites (tertiary alicyclic amines) is 1. The number of ether oxygens (including phenoxy) is 1. The number of piperidine rings is 1. The van der Waals surface area contributed by atoms with Gasteiger partial charge in [0.25, 0.3) is 0 Å². The van der Waals surface area contributed by atoms with Crippen molar-refractivity contribution in [1.82, 2.24) is 24.4 Å². The first-order valence-corrected chi connectivity index (χ1v) is 8.63. The van der Waals surface area contributed by atoms with Crippen molar-refractivity contribution in [2.24, 2.45) is 0 Å². The summed E-state index contributed by atoms with van der Waals surface area (Å²) in [4.78, 5) is 17.8. The van der Waals surface area contributed by atoms with Crippen LogP contribution in [0.2, 0.25) is 0 Å². The molecule has 0 spiro atoms. The molecule has 0 saturated carbocycles. The van der Waals surface area contributed by atoms with Gasteiger partial charge in [0, 0.05) is 51.7 Å². The maximum Gasteiger partial charge on any atom is 0.135 e. The smallest absolute Gasteiger partial charge is 0.135 e. The number of aromatic nitrogens is 4. The normalized spacial score (nSPS) is 19.2. The fraction of sp³-hybridized carbons (Fsp3) is 0.588. The van der Waals surface area contributed by atoms with E-state index in [4.69, 9.17) is 9.72 Å². The van der Waals surface area contributed by atoms with Crippen LogP contribution in [0.4, 0.5) is 5.82 Å². The van der Waals surface area contributed by atoms with E-state index in [-0.39, 0.29) is 0 Å². The van der Waals surface area contributed by atoms with Crippen LogP contribution in [0.1, 0.15) is 24.4 Å². The number of anilines is 1. The molecule has 24 heavy (non-hydrogen) atoms. The first kappa shape index (κ1) is 15.5. The Hall–Kier alpha value is -1.99. The van der Waals surface area contributed by atoms with Gasteiger partial charge in [-0.1, -0.05) is 0 Å². The van der Waals surface area contributed by atoms with Crippen LogP contribution in [0.15, 0.2) is 24.8 Å². The molecule has 2 aromatic rings. The van der Waals surface area contributed by atoms with Gasteiger partial charge in [0.15, 0.2) is 0 Å². The third-order valence-corrected chi connectivity index (χ3v) is 5.03. The van der Waals surface area contributed by atoms with Crippen molar-refractivity contribution in [3.8, 4) is 0 Å². The largest absolute Gasteiger partial charge is 0.372 e. The predicted molar refractivity (Wildman–Crippen MR) is 90.6 cm³/mol. The predicted octanol–water partition coefficient (Wildman–Crippen LogP) is 1.30. The second-order valence-corrected chi connectivity index (χ2v) is 6.58. The monoisotopic (exact) mass is 328 g/mol. The summed E-state index contributed by atoms with van der Waals surface area (Å²) in [5.74, 6) is 2.07. The van der Waals surface area contributed by atoms with Gasteiger partial charge in [-0.05, 0) is 18.9 Å². The topological polar surface area (TPSA) is 59.3 Å². The minimum Gasteiger partial charge on any atom is -0.372 e. The van der Waals surface area contributed by atoms with Crippen LogP contribution in [-0.4, -0.2) is 57.2 Å². The van der Waals surface area contributed by atoms with E-state index in [1.165, 1.54) is 0 Å². The maximum atomic E-state index is 5.47. The fourth-order valence-electron chi connectivity index (χ4n) is 3.60. The molecule has 7 heteroatoms. The third-order valence-electron chi connectivity index (χ3n) is 5.03. The molecular formula is C17H24N6O. The molecule has 4 rings (SSSR count). The highest BCUT2D eigenvalue weighted by molar-refractivity contribution is 5.36. The van der Waals surface area contributed by atoms with Crippen LogP contribution in [0, 0.1) is 0 Å². The summed E-state index contributed by atoms with van der Waals surface area (Å²) >= 11 is 0. The Morgan fingerprint density at radius 3 is 2.92 bits per heavy atom. The second kappa shape index (κ2) is 6.86. The van der Waals surface area contributed by atoms with Crippen molar-refractivity contribution in [3.63, 3.8) is 0 Å². The van der Waals surface area contributed by atoms with Crippen molar-refractivity contribution >= 4 is 5.82 Å². The van der Waals surface area contributed by atoms with Gasteiger partial charge in [-0.3, -0.25) is 4.90 Å². The summed E-state index contributed by atoms with van der Waals surface area (Å²) in [5.41, 5.74) is 1.16. The van der Waals surface area contributed by atoms with E-state index in [0.29, 0.717) is 12.6 Å². The van der Waals surface area contributed by atoms with Gasteiger partial charge in [0.05, 0.1) is 12.3 Å². The minimum absolute atomic E-state index is 0.541. The molecule has 1 saturated heterocycles. The molecule has 0 N–H and O–H groups in total. The lowest BCUT2D eigenvalue weighted by molar-refractivity contribution is 0.0816. The highest BCUT2D eigenvalue weighted by Gasteiger charge is 2.24. The molecule has 0 unspecified atom stereocenters. The molecule has 0 atom stereocenters. The first-order valence-electron chi connectivity index (χ1n) is 8.63. The average Bonchev–Trinajstić information content (AvgIpc) is 3.05. The fourth-order valence-corrected chi connectivity index (χ4v) is 3.60. The lowest BCUT2D eigenvalue weighted by Gasteiger charge is -2.37. The van der Waals surface area contributed by atoms with Crippen molar-refractivity contribution in [3.05, 3.63) is 36.3 Å². The molecular weight excluding hydrogens is 304 g/mol. The quantitative estimate of drug-likeness (QED) is 0.843. The minimum atomic E-state index is 0.541. The van der Waals surface area contributed by atoms with E-state index in [9.17, 15) is 0 Å². The number of imidazole rings is 1. The maximum absolute atomic E-state index is 5.47. The Balaban J connectivity index is 1.32. The molecule has 128 valence electrons. The van der Waals surface area contributed by atoms with E-state index >= 15 is 0 Å². The van der Waals surface area contributed by atoms with E-state index in [1.807, 2.05) is 6.07 Å². The molecule has 0 bridgehead atoms. The van der Waals surface area contributed by atoms with Crippen LogP contribution in [0.5, 0.6) is 0 Å². The van der Waals surface area contributed by atoms with Crippen molar-refractivity contribution in [1.29, 1.82) is 0 Å². The van der Waals surface area contributed by atoms with E-state index in [0.717, 1.165) is 63.0 Å². The second-order valence-electron chi connectivity index (χ2n) is 6.58. The summed E-state index contributed by atoms with van der Waals surface area (Å²) in [5, 5.41) is 0. The number of nitrogens with zero attached hydrogens (tertiary/aromatic N) is 6. The van der Waals surface area contributed by atoms with Crippen LogP contribution >= 0.6 is 0 Å². The van der Waals surface area contributed by atoms with Crippen LogP contribution < -0.4 is 4.90 Å². The summed E-state index contributed by atoms with van der Waals surface area (Å²) in [6.07, 6.45) is 7.91. The molecule has 4 heterocycles. The highest BCUT2D eigenvalue weighted by Crippen LogP contribution is 2.21. The van der Waals surface area contributed by atoms with Gasteiger partial charge in [-0.25, -0.2) is 15.0 Å². The molecule has 0 amide bonds. The Labute approximate surface area is 142 Å². The molecule has 0 aromatic carbocycles. The van der Waals surface area contributed by atoms with Crippen LogP contribution in [-0.2, 0) is 24.4 Å². The standard InChI is InChI=1S/C17H24N6O/c1-21(16-2-5-18-13-19-16)15-3-6-22(7-4-15)10-14-11-23-8-9-24-12-17(23)20-14/h2,5,11,13,15H,3-4,6-10,12H2,1H3. The van der Waals surface area contributed by atoms with Gasteiger partial charge >= 0.3 is 0 Å². The lowest BCUT2D eigenvalue weighted by Crippen LogP contribution is -2.43. The van der Waals surface area contributed by atoms with Gasteiger partial charge in [0.1, 0.15) is 24.6 Å². The summed E-state index contributed by atoms with van der Waals surface area (Å²) in [6, 6.07) is 2.52. The molecule has 2 aliphatic heterocycles. The molecule has 0 radical (unpaired) electrons. The molecule has 2 aliphatic rings. The van der Waals surface area contributed by atoms with Crippen LogP contribution in [0.3, 0.4) is 0 Å². The van der Waals surface area contributed by atoms with Gasteiger partial charge < -0.3 is 14.2 Å². The van der Waals surface area contributed by atoms with Gasteiger partial charge in [0.2, 0.25) is 0 Å². The zero-order valence-electron chi connectivity index (χ0n) is 14.1. The zero-order chi connectivity index (χ0) is 16.4. The van der Waals surface area contributed by atoms with Gasteiger partial charge in [-0.2, -0.15) is 0 Å². The molecule has 1 fully saturated rings. The Kier molecular flexibility index (Phi) is 4.44. The van der Waals surface area contributed by atoms with Crippen molar-refractivity contribution in [2.45, 2.75) is 38.6 Å². The third kappa shape index (κ3) is 3.27. The van der Waals surface area contributed by atoms with E-state index < -0.39 is 0 Å². The van der Waals surface area contributed by atoms with Gasteiger partial charge in [-0.15, -0.1) is 0 Å². The summed E-state index contributed by atoms with van der Waals surface area (Å²) < 4.78 is 7.70. The summed E-state index contributed by atoms with van der Waals surface area (Å²) in [6.45, 7) is 5.49. The van der Waals surface area contributed by atoms with Crippen molar-refractivity contribution in [2.75, 3.05) is 31.6 Å². The Bertz CT molecular complexity index is 641. The highest BCUT2D eigenvalue weighted by atomic mass is 16.5. The molecule has 2 aromatic heterocycles. The zero-order valence-corrected chi connectivity index (χ0v) is 14.1. The number of hydrogen-bond acceptors (Lipinski definition) is 6.